The molecule has 0 saturated carbocycles. The number of para-hydroxylation sites is 1. The maximum atomic E-state index is 5.41. The lowest BCUT2D eigenvalue weighted by Gasteiger charge is -2.21. The molecule has 2 N–H and O–H groups in total. The van der Waals surface area contributed by atoms with Crippen LogP contribution in [0.5, 0.6) is 11.5 Å². The largest absolute Gasteiger partial charge is 0.493 e. The average Bonchev–Trinajstić information content (AvgIpc) is 2.60. The molecule has 0 unspecified atom stereocenters. The molecular formula is C18H22N2O2S. The fourth-order valence-electron chi connectivity index (χ4n) is 2.34. The van der Waals surface area contributed by atoms with Gasteiger partial charge < -0.3 is 20.1 Å². The van der Waals surface area contributed by atoms with Gasteiger partial charge in [-0.05, 0) is 48.5 Å². The van der Waals surface area contributed by atoms with Crippen LogP contribution in [0.2, 0.25) is 0 Å². The topological polar surface area (TPSA) is 42.5 Å². The lowest BCUT2D eigenvalue weighted by molar-refractivity contribution is 0.354. The number of rotatable bonds is 6. The maximum absolute atomic E-state index is 5.41. The van der Waals surface area contributed by atoms with Gasteiger partial charge in [0.15, 0.2) is 16.6 Å². The van der Waals surface area contributed by atoms with E-state index < -0.39 is 0 Å². The summed E-state index contributed by atoms with van der Waals surface area (Å²) in [4.78, 5) is 0. The molecule has 0 aliphatic heterocycles. The zero-order valence-electron chi connectivity index (χ0n) is 13.6. The normalized spacial score (nSPS) is 11.4. The minimum Gasteiger partial charge on any atom is -0.493 e. The Morgan fingerprint density at radius 1 is 1.04 bits per heavy atom. The van der Waals surface area contributed by atoms with Crippen molar-refractivity contribution in [2.45, 2.75) is 19.4 Å². The Morgan fingerprint density at radius 2 is 1.74 bits per heavy atom. The van der Waals surface area contributed by atoms with E-state index in [-0.39, 0.29) is 6.04 Å². The van der Waals surface area contributed by atoms with Gasteiger partial charge in [0, 0.05) is 5.69 Å². The SMILES string of the molecule is CC[C@H](NC(=S)Nc1ccccc1)c1ccc(OC)c(OC)c1. The maximum Gasteiger partial charge on any atom is 0.171 e. The Labute approximate surface area is 142 Å². The average molecular weight is 330 g/mol. The molecule has 2 rings (SSSR count). The van der Waals surface area contributed by atoms with E-state index >= 15 is 0 Å². The first-order valence-electron chi connectivity index (χ1n) is 7.52. The van der Waals surface area contributed by atoms with Crippen LogP contribution in [0.4, 0.5) is 5.69 Å². The van der Waals surface area contributed by atoms with Crippen LogP contribution in [0.25, 0.3) is 0 Å². The molecule has 0 fully saturated rings. The van der Waals surface area contributed by atoms with E-state index in [1.54, 1.807) is 14.2 Å². The van der Waals surface area contributed by atoms with Crippen LogP contribution in [0.3, 0.4) is 0 Å². The van der Waals surface area contributed by atoms with Crippen molar-refractivity contribution in [2.75, 3.05) is 19.5 Å². The van der Waals surface area contributed by atoms with Gasteiger partial charge in [-0.3, -0.25) is 0 Å². The van der Waals surface area contributed by atoms with Crippen molar-refractivity contribution in [1.82, 2.24) is 5.32 Å². The Bertz CT molecular complexity index is 647. The van der Waals surface area contributed by atoms with Gasteiger partial charge in [-0.1, -0.05) is 31.2 Å². The highest BCUT2D eigenvalue weighted by Gasteiger charge is 2.14. The van der Waals surface area contributed by atoms with Crippen molar-refractivity contribution in [3.63, 3.8) is 0 Å². The zero-order valence-corrected chi connectivity index (χ0v) is 14.4. The van der Waals surface area contributed by atoms with Gasteiger partial charge in [0.05, 0.1) is 20.3 Å². The first-order chi connectivity index (χ1) is 11.2. The summed E-state index contributed by atoms with van der Waals surface area (Å²) in [7, 11) is 3.27. The number of methoxy groups -OCH3 is 2. The van der Waals surface area contributed by atoms with E-state index in [2.05, 4.69) is 17.6 Å². The molecule has 0 aliphatic carbocycles. The lowest BCUT2D eigenvalue weighted by Crippen LogP contribution is -2.32. The van der Waals surface area contributed by atoms with Crippen molar-refractivity contribution in [2.24, 2.45) is 0 Å². The Kier molecular flexibility index (Phi) is 6.23. The molecule has 0 spiro atoms. The van der Waals surface area contributed by atoms with Gasteiger partial charge >= 0.3 is 0 Å². The van der Waals surface area contributed by atoms with Crippen molar-refractivity contribution < 1.29 is 9.47 Å². The van der Waals surface area contributed by atoms with E-state index in [0.29, 0.717) is 10.9 Å². The number of anilines is 1. The summed E-state index contributed by atoms with van der Waals surface area (Å²) in [5.74, 6) is 1.43. The molecule has 0 heterocycles. The second kappa shape index (κ2) is 8.39. The van der Waals surface area contributed by atoms with Gasteiger partial charge in [-0.25, -0.2) is 0 Å². The van der Waals surface area contributed by atoms with Gasteiger partial charge in [-0.2, -0.15) is 0 Å². The highest BCUT2D eigenvalue weighted by atomic mass is 32.1. The molecule has 1 atom stereocenters. The van der Waals surface area contributed by atoms with Crippen LogP contribution in [-0.4, -0.2) is 19.3 Å². The van der Waals surface area contributed by atoms with E-state index in [0.717, 1.165) is 23.4 Å². The highest BCUT2D eigenvalue weighted by Crippen LogP contribution is 2.30. The number of nitrogens with one attached hydrogen (secondary N) is 2. The summed E-state index contributed by atoms with van der Waals surface area (Å²) in [5.41, 5.74) is 2.06. The predicted molar refractivity (Wildman–Crippen MR) is 98.4 cm³/mol. The fourth-order valence-corrected chi connectivity index (χ4v) is 2.60. The van der Waals surface area contributed by atoms with Crippen LogP contribution in [0, 0.1) is 0 Å². The monoisotopic (exact) mass is 330 g/mol. The van der Waals surface area contributed by atoms with Gasteiger partial charge in [-0.15, -0.1) is 0 Å². The van der Waals surface area contributed by atoms with Crippen molar-refractivity contribution in [3.05, 3.63) is 54.1 Å². The summed E-state index contributed by atoms with van der Waals surface area (Å²) in [6.45, 7) is 2.11. The summed E-state index contributed by atoms with van der Waals surface area (Å²) < 4.78 is 10.7. The first kappa shape index (κ1) is 17.1. The molecule has 0 aromatic heterocycles. The molecule has 5 heteroatoms. The van der Waals surface area contributed by atoms with Crippen LogP contribution < -0.4 is 20.1 Å². The third kappa shape index (κ3) is 4.60. The Morgan fingerprint density at radius 3 is 2.35 bits per heavy atom. The minimum atomic E-state index is 0.0959. The number of ether oxygens (including phenoxy) is 2. The Hall–Kier alpha value is -2.27. The van der Waals surface area contributed by atoms with Crippen LogP contribution in [-0.2, 0) is 0 Å². The number of benzene rings is 2. The van der Waals surface area contributed by atoms with E-state index in [9.17, 15) is 0 Å². The molecule has 0 amide bonds. The summed E-state index contributed by atoms with van der Waals surface area (Å²) in [6.07, 6.45) is 0.895. The third-order valence-corrected chi connectivity index (χ3v) is 3.78. The van der Waals surface area contributed by atoms with Crippen LogP contribution in [0.1, 0.15) is 24.9 Å². The van der Waals surface area contributed by atoms with Crippen molar-refractivity contribution in [3.8, 4) is 11.5 Å². The summed E-state index contributed by atoms with van der Waals surface area (Å²) in [6, 6.07) is 15.9. The second-order valence-corrected chi connectivity index (χ2v) is 5.45. The van der Waals surface area contributed by atoms with Crippen molar-refractivity contribution in [1.29, 1.82) is 0 Å². The van der Waals surface area contributed by atoms with Crippen LogP contribution in [0.15, 0.2) is 48.5 Å². The Balaban J connectivity index is 2.09. The highest BCUT2D eigenvalue weighted by molar-refractivity contribution is 7.80. The molecule has 122 valence electrons. The molecular weight excluding hydrogens is 308 g/mol. The standard InChI is InChI=1S/C18H22N2O2S/c1-4-15(13-10-11-16(21-2)17(12-13)22-3)20-18(23)19-14-8-6-5-7-9-14/h5-12,15H,4H2,1-3H3,(H2,19,20,23)/t15-/m0/s1. The number of hydrogen-bond acceptors (Lipinski definition) is 3. The number of thiocarbonyl (C=S) groups is 1. The molecule has 2 aromatic carbocycles. The zero-order chi connectivity index (χ0) is 16.7. The predicted octanol–water partition coefficient (Wildman–Crippen LogP) is 4.14. The smallest absolute Gasteiger partial charge is 0.171 e. The minimum absolute atomic E-state index is 0.0959. The van der Waals surface area contributed by atoms with E-state index in [1.165, 1.54) is 0 Å². The summed E-state index contributed by atoms with van der Waals surface area (Å²) >= 11 is 5.41. The lowest BCUT2D eigenvalue weighted by atomic mass is 10.0. The molecule has 23 heavy (non-hydrogen) atoms. The molecule has 0 aliphatic rings. The first-order valence-corrected chi connectivity index (χ1v) is 7.93. The third-order valence-electron chi connectivity index (χ3n) is 3.56. The summed E-state index contributed by atoms with van der Waals surface area (Å²) in [5, 5.41) is 7.13. The van der Waals surface area contributed by atoms with E-state index in [1.807, 2.05) is 48.5 Å². The van der Waals surface area contributed by atoms with Gasteiger partial charge in [0.2, 0.25) is 0 Å². The molecule has 0 saturated heterocycles. The van der Waals surface area contributed by atoms with Gasteiger partial charge in [0.25, 0.3) is 0 Å². The quantitative estimate of drug-likeness (QED) is 0.779. The second-order valence-electron chi connectivity index (χ2n) is 5.04. The number of hydrogen-bond donors (Lipinski definition) is 2. The molecule has 0 bridgehead atoms. The van der Waals surface area contributed by atoms with Crippen molar-refractivity contribution >= 4 is 23.0 Å². The van der Waals surface area contributed by atoms with E-state index in [4.69, 9.17) is 21.7 Å². The molecule has 4 nitrogen and oxygen atoms in total. The van der Waals surface area contributed by atoms with Gasteiger partial charge in [0.1, 0.15) is 0 Å². The van der Waals surface area contributed by atoms with Crippen LogP contribution >= 0.6 is 12.2 Å². The fraction of sp³-hybridized carbons (Fsp3) is 0.278. The molecule has 0 radical (unpaired) electrons. The molecule has 2 aromatic rings.